The molecule has 160 valence electrons. The number of methoxy groups -OCH3 is 1. The van der Waals surface area contributed by atoms with Gasteiger partial charge in [0, 0.05) is 19.1 Å². The molecule has 2 aliphatic heterocycles. The van der Waals surface area contributed by atoms with Crippen LogP contribution in [-0.4, -0.2) is 49.0 Å². The standard InChI is InChI=1S/C24H28O6/c1-3-14-24(25)21(27-15-17-10-6-4-7-11-17)20-19(29-23(24)26-2)16-28-22(30-20)18-12-8-5-9-13-18/h3-13,19-23,25H,1,14-16H2,2H3/t19-,20-,21+,22?,23+,24+/m1/s1. The highest BCUT2D eigenvalue weighted by atomic mass is 16.8. The van der Waals surface area contributed by atoms with E-state index in [-0.39, 0.29) is 6.42 Å². The number of rotatable bonds is 7. The summed E-state index contributed by atoms with van der Waals surface area (Å²) in [6.45, 7) is 4.43. The molecule has 1 N–H and O–H groups in total. The van der Waals surface area contributed by atoms with Gasteiger partial charge >= 0.3 is 0 Å². The van der Waals surface area contributed by atoms with Gasteiger partial charge in [-0.15, -0.1) is 6.58 Å². The Kier molecular flexibility index (Phi) is 6.63. The lowest BCUT2D eigenvalue weighted by Gasteiger charge is -2.52. The monoisotopic (exact) mass is 412 g/mol. The number of benzene rings is 2. The van der Waals surface area contributed by atoms with Crippen LogP contribution < -0.4 is 0 Å². The first kappa shape index (κ1) is 21.2. The molecular formula is C24H28O6. The molecule has 1 unspecified atom stereocenters. The van der Waals surface area contributed by atoms with Crippen molar-refractivity contribution in [2.45, 2.75) is 49.5 Å². The van der Waals surface area contributed by atoms with Gasteiger partial charge in [-0.1, -0.05) is 66.7 Å². The van der Waals surface area contributed by atoms with Gasteiger partial charge < -0.3 is 28.8 Å². The molecule has 4 rings (SSSR count). The normalized spacial score (nSPS) is 33.6. The van der Waals surface area contributed by atoms with Crippen LogP contribution >= 0.6 is 0 Å². The molecule has 0 radical (unpaired) electrons. The van der Waals surface area contributed by atoms with Crippen molar-refractivity contribution in [2.75, 3.05) is 13.7 Å². The minimum absolute atomic E-state index is 0.231. The molecule has 0 spiro atoms. The fourth-order valence-corrected chi connectivity index (χ4v) is 4.11. The molecule has 30 heavy (non-hydrogen) atoms. The number of fused-ring (bicyclic) bond motifs is 1. The molecule has 2 aliphatic rings. The third-order valence-corrected chi connectivity index (χ3v) is 5.59. The van der Waals surface area contributed by atoms with Crippen LogP contribution in [0.2, 0.25) is 0 Å². The van der Waals surface area contributed by atoms with E-state index < -0.39 is 36.5 Å². The summed E-state index contributed by atoms with van der Waals surface area (Å²) in [7, 11) is 1.50. The van der Waals surface area contributed by atoms with Gasteiger partial charge in [0.05, 0.1) is 13.2 Å². The molecule has 6 nitrogen and oxygen atoms in total. The average Bonchev–Trinajstić information content (AvgIpc) is 2.79. The van der Waals surface area contributed by atoms with Crippen molar-refractivity contribution in [1.82, 2.24) is 0 Å². The molecule has 0 aromatic heterocycles. The van der Waals surface area contributed by atoms with Gasteiger partial charge in [-0.2, -0.15) is 0 Å². The van der Waals surface area contributed by atoms with Crippen molar-refractivity contribution in [3.63, 3.8) is 0 Å². The molecule has 2 fully saturated rings. The molecule has 2 aromatic carbocycles. The Labute approximate surface area is 177 Å². The Bertz CT molecular complexity index is 813. The zero-order valence-electron chi connectivity index (χ0n) is 17.1. The lowest BCUT2D eigenvalue weighted by Crippen LogP contribution is -2.69. The largest absolute Gasteiger partial charge is 0.381 e. The maximum absolute atomic E-state index is 11.6. The van der Waals surface area contributed by atoms with E-state index in [1.807, 2.05) is 60.7 Å². The van der Waals surface area contributed by atoms with E-state index in [2.05, 4.69) is 6.58 Å². The lowest BCUT2D eigenvalue weighted by molar-refractivity contribution is -0.389. The molecule has 0 saturated carbocycles. The Morgan fingerprint density at radius 1 is 1.10 bits per heavy atom. The SMILES string of the molecule is C=CC[C@@]1(O)[C@@H](OC)O[C@@H]2COC(c3ccccc3)O[C@H]2[C@@H]1OCc1ccccc1. The highest BCUT2D eigenvalue weighted by Gasteiger charge is 2.58. The summed E-state index contributed by atoms with van der Waals surface area (Å²) < 4.78 is 30.0. The van der Waals surface area contributed by atoms with Gasteiger partial charge in [0.2, 0.25) is 0 Å². The average molecular weight is 412 g/mol. The summed E-state index contributed by atoms with van der Waals surface area (Å²) in [6.07, 6.45) is -1.25. The first-order valence-corrected chi connectivity index (χ1v) is 10.1. The topological polar surface area (TPSA) is 66.4 Å². The number of ether oxygens (including phenoxy) is 5. The van der Waals surface area contributed by atoms with Crippen LogP contribution in [0.5, 0.6) is 0 Å². The van der Waals surface area contributed by atoms with Gasteiger partial charge in [-0.3, -0.25) is 0 Å². The van der Waals surface area contributed by atoms with E-state index in [1.54, 1.807) is 6.08 Å². The molecular weight excluding hydrogens is 384 g/mol. The molecule has 6 heteroatoms. The van der Waals surface area contributed by atoms with Crippen molar-refractivity contribution in [3.8, 4) is 0 Å². The van der Waals surface area contributed by atoms with E-state index in [1.165, 1.54) is 7.11 Å². The van der Waals surface area contributed by atoms with E-state index in [0.717, 1.165) is 11.1 Å². The van der Waals surface area contributed by atoms with Crippen molar-refractivity contribution in [1.29, 1.82) is 0 Å². The Morgan fingerprint density at radius 3 is 2.47 bits per heavy atom. The van der Waals surface area contributed by atoms with E-state index in [4.69, 9.17) is 23.7 Å². The highest BCUT2D eigenvalue weighted by Crippen LogP contribution is 2.41. The fourth-order valence-electron chi connectivity index (χ4n) is 4.11. The molecule has 0 amide bonds. The lowest BCUT2D eigenvalue weighted by atomic mass is 9.83. The zero-order valence-corrected chi connectivity index (χ0v) is 17.1. The van der Waals surface area contributed by atoms with Crippen molar-refractivity contribution >= 4 is 0 Å². The molecule has 0 bridgehead atoms. The Morgan fingerprint density at radius 2 is 1.80 bits per heavy atom. The predicted octanol–water partition coefficient (Wildman–Crippen LogP) is 3.36. The minimum atomic E-state index is -1.45. The molecule has 2 aromatic rings. The summed E-state index contributed by atoms with van der Waals surface area (Å²) >= 11 is 0. The summed E-state index contributed by atoms with van der Waals surface area (Å²) in [5.41, 5.74) is 0.450. The molecule has 6 atom stereocenters. The molecule has 2 saturated heterocycles. The second kappa shape index (κ2) is 9.39. The van der Waals surface area contributed by atoms with Crippen molar-refractivity contribution < 1.29 is 28.8 Å². The predicted molar refractivity (Wildman–Crippen MR) is 110 cm³/mol. The van der Waals surface area contributed by atoms with Crippen LogP contribution in [-0.2, 0) is 30.3 Å². The third kappa shape index (κ3) is 4.21. The zero-order chi connectivity index (χ0) is 21.0. The fraction of sp³-hybridized carbons (Fsp3) is 0.417. The van der Waals surface area contributed by atoms with Gasteiger partial charge in [-0.25, -0.2) is 0 Å². The Hall–Kier alpha value is -2.06. The van der Waals surface area contributed by atoms with Crippen LogP contribution in [0.25, 0.3) is 0 Å². The molecule has 2 heterocycles. The Balaban J connectivity index is 1.62. The summed E-state index contributed by atoms with van der Waals surface area (Å²) in [5.74, 6) is 0. The summed E-state index contributed by atoms with van der Waals surface area (Å²) in [4.78, 5) is 0. The van der Waals surface area contributed by atoms with E-state index in [9.17, 15) is 5.11 Å². The summed E-state index contributed by atoms with van der Waals surface area (Å²) in [6, 6.07) is 19.5. The quantitative estimate of drug-likeness (QED) is 0.704. The van der Waals surface area contributed by atoms with Crippen LogP contribution in [0.1, 0.15) is 23.8 Å². The number of hydrogen-bond acceptors (Lipinski definition) is 6. The second-order valence-corrected chi connectivity index (χ2v) is 7.62. The van der Waals surface area contributed by atoms with Crippen LogP contribution in [0.15, 0.2) is 73.3 Å². The van der Waals surface area contributed by atoms with Crippen LogP contribution in [0, 0.1) is 0 Å². The second-order valence-electron chi connectivity index (χ2n) is 7.62. The van der Waals surface area contributed by atoms with E-state index >= 15 is 0 Å². The maximum Gasteiger partial charge on any atom is 0.189 e. The van der Waals surface area contributed by atoms with Gasteiger partial charge in [0.1, 0.15) is 23.9 Å². The highest BCUT2D eigenvalue weighted by molar-refractivity contribution is 5.18. The first-order valence-electron chi connectivity index (χ1n) is 10.1. The number of hydrogen-bond donors (Lipinski definition) is 1. The van der Waals surface area contributed by atoms with E-state index in [0.29, 0.717) is 13.2 Å². The number of aliphatic hydroxyl groups is 1. The maximum atomic E-state index is 11.6. The minimum Gasteiger partial charge on any atom is -0.381 e. The van der Waals surface area contributed by atoms with Gasteiger partial charge in [0.15, 0.2) is 12.6 Å². The smallest absolute Gasteiger partial charge is 0.189 e. The van der Waals surface area contributed by atoms with Crippen molar-refractivity contribution in [2.24, 2.45) is 0 Å². The van der Waals surface area contributed by atoms with Gasteiger partial charge in [0.25, 0.3) is 0 Å². The summed E-state index contributed by atoms with van der Waals surface area (Å²) in [5, 5.41) is 11.6. The van der Waals surface area contributed by atoms with Crippen molar-refractivity contribution in [3.05, 3.63) is 84.4 Å². The van der Waals surface area contributed by atoms with Crippen LogP contribution in [0.4, 0.5) is 0 Å². The van der Waals surface area contributed by atoms with Gasteiger partial charge in [-0.05, 0) is 5.56 Å². The first-order chi connectivity index (χ1) is 14.7. The third-order valence-electron chi connectivity index (χ3n) is 5.59. The molecule has 0 aliphatic carbocycles. The van der Waals surface area contributed by atoms with Crippen LogP contribution in [0.3, 0.4) is 0 Å².